The normalized spacial score (nSPS) is 11.1. The summed E-state index contributed by atoms with van der Waals surface area (Å²) in [7, 11) is 0. The second-order valence-electron chi connectivity index (χ2n) is 4.45. The summed E-state index contributed by atoms with van der Waals surface area (Å²) in [5.74, 6) is 0.677. The fourth-order valence-electron chi connectivity index (χ4n) is 2.20. The van der Waals surface area contributed by atoms with E-state index in [1.165, 1.54) is 6.33 Å². The first-order chi connectivity index (χ1) is 10.3. The molecule has 0 aliphatic carbocycles. The van der Waals surface area contributed by atoms with Gasteiger partial charge in [-0.25, -0.2) is 19.6 Å². The molecule has 1 N–H and O–H groups in total. The third-order valence-corrected chi connectivity index (χ3v) is 3.88. The van der Waals surface area contributed by atoms with Crippen LogP contribution in [0.2, 0.25) is 0 Å². The third-order valence-electron chi connectivity index (χ3n) is 3.19. The maximum absolute atomic E-state index is 4.39. The van der Waals surface area contributed by atoms with Gasteiger partial charge in [-0.05, 0) is 11.6 Å². The van der Waals surface area contributed by atoms with Gasteiger partial charge in [-0.2, -0.15) is 5.10 Å². The number of nitrogens with zero attached hydrogens (tertiary/aromatic N) is 5. The summed E-state index contributed by atoms with van der Waals surface area (Å²) in [4.78, 5) is 15.6. The van der Waals surface area contributed by atoms with Crippen molar-refractivity contribution >= 4 is 27.1 Å². The van der Waals surface area contributed by atoms with Gasteiger partial charge < -0.3 is 4.98 Å². The highest BCUT2D eigenvalue weighted by Gasteiger charge is 2.11. The lowest BCUT2D eigenvalue weighted by Gasteiger charge is -2.01. The molecule has 21 heavy (non-hydrogen) atoms. The van der Waals surface area contributed by atoms with Gasteiger partial charge in [0, 0.05) is 16.2 Å². The fraction of sp³-hybridized carbons (Fsp3) is 0. The SMILES string of the molecule is Brc1ccccc1-c1cnn(-c2ncnc3nc[nH]c23)c1. The van der Waals surface area contributed by atoms with Crippen molar-refractivity contribution in [3.8, 4) is 16.9 Å². The van der Waals surface area contributed by atoms with E-state index in [9.17, 15) is 0 Å². The lowest BCUT2D eigenvalue weighted by molar-refractivity contribution is 0.848. The summed E-state index contributed by atoms with van der Waals surface area (Å²) >= 11 is 3.55. The topological polar surface area (TPSA) is 72.3 Å². The van der Waals surface area contributed by atoms with E-state index in [1.54, 1.807) is 11.0 Å². The van der Waals surface area contributed by atoms with Crippen molar-refractivity contribution in [2.75, 3.05) is 0 Å². The van der Waals surface area contributed by atoms with Crippen LogP contribution in [0.4, 0.5) is 0 Å². The van der Waals surface area contributed by atoms with Gasteiger partial charge in [0.2, 0.25) is 0 Å². The zero-order valence-electron chi connectivity index (χ0n) is 10.7. The minimum absolute atomic E-state index is 0.623. The molecule has 3 aromatic heterocycles. The van der Waals surface area contributed by atoms with E-state index < -0.39 is 0 Å². The van der Waals surface area contributed by atoms with Crippen molar-refractivity contribution < 1.29 is 0 Å². The van der Waals surface area contributed by atoms with Crippen LogP contribution in [0.3, 0.4) is 0 Å². The Labute approximate surface area is 128 Å². The fourth-order valence-corrected chi connectivity index (χ4v) is 2.71. The molecule has 0 fully saturated rings. The molecule has 0 aliphatic rings. The molecule has 102 valence electrons. The summed E-state index contributed by atoms with van der Waals surface area (Å²) < 4.78 is 2.75. The first kappa shape index (κ1) is 12.2. The molecule has 7 heteroatoms. The summed E-state index contributed by atoms with van der Waals surface area (Å²) in [5.41, 5.74) is 3.48. The second kappa shape index (κ2) is 4.78. The number of H-pyrrole nitrogens is 1. The number of imidazole rings is 1. The average Bonchev–Trinajstić information content (AvgIpc) is 3.16. The number of fused-ring (bicyclic) bond motifs is 1. The van der Waals surface area contributed by atoms with Gasteiger partial charge in [0.05, 0.1) is 12.5 Å². The molecule has 1 aromatic carbocycles. The highest BCUT2D eigenvalue weighted by Crippen LogP contribution is 2.28. The van der Waals surface area contributed by atoms with Gasteiger partial charge in [-0.1, -0.05) is 34.1 Å². The number of hydrogen-bond acceptors (Lipinski definition) is 4. The molecule has 0 bridgehead atoms. The van der Waals surface area contributed by atoms with Crippen molar-refractivity contribution in [3.05, 3.63) is 53.8 Å². The van der Waals surface area contributed by atoms with Crippen LogP contribution in [-0.2, 0) is 0 Å². The predicted octanol–water partition coefficient (Wildman–Crippen LogP) is 2.97. The predicted molar refractivity (Wildman–Crippen MR) is 81.9 cm³/mol. The molecule has 0 spiro atoms. The van der Waals surface area contributed by atoms with Crippen molar-refractivity contribution in [1.29, 1.82) is 0 Å². The number of rotatable bonds is 2. The molecular weight excluding hydrogens is 332 g/mol. The van der Waals surface area contributed by atoms with Gasteiger partial charge in [-0.15, -0.1) is 0 Å². The van der Waals surface area contributed by atoms with Crippen LogP contribution in [0.25, 0.3) is 28.1 Å². The number of aromatic nitrogens is 6. The smallest absolute Gasteiger partial charge is 0.182 e. The minimum atomic E-state index is 0.623. The van der Waals surface area contributed by atoms with Crippen molar-refractivity contribution in [2.45, 2.75) is 0 Å². The van der Waals surface area contributed by atoms with E-state index >= 15 is 0 Å². The highest BCUT2D eigenvalue weighted by molar-refractivity contribution is 9.10. The van der Waals surface area contributed by atoms with Crippen LogP contribution in [0.5, 0.6) is 0 Å². The zero-order valence-corrected chi connectivity index (χ0v) is 12.3. The Morgan fingerprint density at radius 3 is 2.90 bits per heavy atom. The third kappa shape index (κ3) is 2.02. The molecule has 4 aromatic rings. The summed E-state index contributed by atoms with van der Waals surface area (Å²) in [6, 6.07) is 8.02. The lowest BCUT2D eigenvalue weighted by atomic mass is 10.1. The Morgan fingerprint density at radius 2 is 2.00 bits per heavy atom. The Kier molecular flexibility index (Phi) is 2.78. The van der Waals surface area contributed by atoms with E-state index in [1.807, 2.05) is 36.7 Å². The zero-order chi connectivity index (χ0) is 14.2. The molecular formula is C14H9BrN6. The van der Waals surface area contributed by atoms with E-state index in [0.29, 0.717) is 11.5 Å². The monoisotopic (exact) mass is 340 g/mol. The van der Waals surface area contributed by atoms with Crippen LogP contribution in [0.15, 0.2) is 53.8 Å². The molecule has 0 atom stereocenters. The molecule has 0 saturated carbocycles. The van der Waals surface area contributed by atoms with Crippen LogP contribution < -0.4 is 0 Å². The molecule has 0 aliphatic heterocycles. The number of halogens is 1. The van der Waals surface area contributed by atoms with E-state index in [4.69, 9.17) is 0 Å². The summed E-state index contributed by atoms with van der Waals surface area (Å²) in [5, 5.41) is 4.39. The van der Waals surface area contributed by atoms with Crippen LogP contribution in [-0.4, -0.2) is 29.7 Å². The lowest BCUT2D eigenvalue weighted by Crippen LogP contribution is -1.99. The standard InChI is InChI=1S/C14H9BrN6/c15-11-4-2-1-3-10(11)9-5-20-21(6-9)14-12-13(17-7-16-12)18-8-19-14/h1-8H,(H,16,17,18,19). The average molecular weight is 341 g/mol. The maximum Gasteiger partial charge on any atom is 0.182 e. The van der Waals surface area contributed by atoms with Gasteiger partial charge >= 0.3 is 0 Å². The van der Waals surface area contributed by atoms with Crippen LogP contribution in [0.1, 0.15) is 0 Å². The number of aromatic amines is 1. The van der Waals surface area contributed by atoms with E-state index in [0.717, 1.165) is 21.1 Å². The van der Waals surface area contributed by atoms with Gasteiger partial charge in [0.1, 0.15) is 11.8 Å². The Bertz CT molecular complexity index is 926. The molecule has 6 nitrogen and oxygen atoms in total. The van der Waals surface area contributed by atoms with Gasteiger partial charge in [0.25, 0.3) is 0 Å². The Hall–Kier alpha value is -2.54. The summed E-state index contributed by atoms with van der Waals surface area (Å²) in [6.45, 7) is 0. The molecule has 3 heterocycles. The van der Waals surface area contributed by atoms with Crippen molar-refractivity contribution in [3.63, 3.8) is 0 Å². The maximum atomic E-state index is 4.39. The number of nitrogens with one attached hydrogen (secondary N) is 1. The van der Waals surface area contributed by atoms with Gasteiger partial charge in [-0.3, -0.25) is 0 Å². The van der Waals surface area contributed by atoms with Crippen molar-refractivity contribution in [2.24, 2.45) is 0 Å². The van der Waals surface area contributed by atoms with Crippen molar-refractivity contribution in [1.82, 2.24) is 29.7 Å². The first-order valence-corrected chi connectivity index (χ1v) is 7.06. The Morgan fingerprint density at radius 1 is 1.10 bits per heavy atom. The molecule has 0 unspecified atom stereocenters. The van der Waals surface area contributed by atoms with E-state index in [-0.39, 0.29) is 0 Å². The second-order valence-corrected chi connectivity index (χ2v) is 5.31. The Balaban J connectivity index is 1.85. The molecule has 4 rings (SSSR count). The largest absolute Gasteiger partial charge is 0.340 e. The van der Waals surface area contributed by atoms with E-state index in [2.05, 4.69) is 41.0 Å². The highest BCUT2D eigenvalue weighted by atomic mass is 79.9. The quantitative estimate of drug-likeness (QED) is 0.608. The minimum Gasteiger partial charge on any atom is -0.340 e. The summed E-state index contributed by atoms with van der Waals surface area (Å²) in [6.07, 6.45) is 6.83. The molecule has 0 radical (unpaired) electrons. The molecule has 0 saturated heterocycles. The molecule has 0 amide bonds. The van der Waals surface area contributed by atoms with Crippen LogP contribution >= 0.6 is 15.9 Å². The first-order valence-electron chi connectivity index (χ1n) is 6.27. The number of benzene rings is 1. The number of hydrogen-bond donors (Lipinski definition) is 1. The van der Waals surface area contributed by atoms with Crippen LogP contribution in [0, 0.1) is 0 Å². The van der Waals surface area contributed by atoms with Gasteiger partial charge in [0.15, 0.2) is 11.5 Å².